The Labute approximate surface area is 65.1 Å². The quantitative estimate of drug-likeness (QED) is 0.566. The van der Waals surface area contributed by atoms with E-state index in [1.807, 2.05) is 6.92 Å². The Morgan fingerprint density at radius 1 is 1.36 bits per heavy atom. The van der Waals surface area contributed by atoms with E-state index in [-0.39, 0.29) is 31.2 Å². The van der Waals surface area contributed by atoms with Gasteiger partial charge >= 0.3 is 0 Å². The second kappa shape index (κ2) is 2.71. The smallest absolute Gasteiger partial charge is 0.186 e. The Hall–Kier alpha value is -0.160. The van der Waals surface area contributed by atoms with E-state index in [4.69, 9.17) is 19.3 Å². The van der Waals surface area contributed by atoms with Gasteiger partial charge in [-0.25, -0.2) is 0 Å². The molecule has 0 amide bonds. The number of fused-ring (bicyclic) bond motifs is 1. The second-order valence-corrected chi connectivity index (χ2v) is 2.75. The Kier molecular flexibility index (Phi) is 1.85. The topological polar surface area (TPSA) is 51.2 Å². The number of aliphatic hydroxyl groups is 1. The summed E-state index contributed by atoms with van der Waals surface area (Å²) in [4.78, 5) is 0. The van der Waals surface area contributed by atoms with E-state index in [0.29, 0.717) is 6.61 Å². The lowest BCUT2D eigenvalue weighted by atomic mass is 10.2. The van der Waals surface area contributed by atoms with Crippen LogP contribution in [0.2, 0.25) is 0 Å². The molecule has 2 rings (SSSR count). The van der Waals surface area contributed by atoms with E-state index in [1.54, 1.807) is 0 Å². The molecular weight excluding hydrogens is 148 g/mol. The third-order valence-corrected chi connectivity index (χ3v) is 2.02. The van der Waals surface area contributed by atoms with Gasteiger partial charge in [0.25, 0.3) is 0 Å². The minimum atomic E-state index is -0.248. The lowest BCUT2D eigenvalue weighted by Crippen LogP contribution is -2.24. The summed E-state index contributed by atoms with van der Waals surface area (Å²) in [7, 11) is 0. The molecule has 0 aromatic heterocycles. The average molecular weight is 160 g/mol. The molecule has 0 saturated carbocycles. The summed E-state index contributed by atoms with van der Waals surface area (Å²) in [5.41, 5.74) is 0. The van der Waals surface area contributed by atoms with Crippen molar-refractivity contribution in [2.45, 2.75) is 31.5 Å². The van der Waals surface area contributed by atoms with Crippen LogP contribution >= 0.6 is 0 Å². The van der Waals surface area contributed by atoms with E-state index in [9.17, 15) is 0 Å². The van der Waals surface area contributed by atoms with Crippen LogP contribution in [0.3, 0.4) is 0 Å². The first-order valence-electron chi connectivity index (χ1n) is 3.90. The Bertz CT molecular complexity index is 149. The molecule has 4 nitrogen and oxygen atoms in total. The molecule has 0 aromatic rings. The van der Waals surface area contributed by atoms with Crippen molar-refractivity contribution in [3.05, 3.63) is 0 Å². The summed E-state index contributed by atoms with van der Waals surface area (Å²) >= 11 is 0. The molecule has 2 fully saturated rings. The molecule has 4 atom stereocenters. The standard InChI is InChI=1S/C7H12O4/c1-2-9-7-6-5(11-6)4(3-8)10-7/h4-8H,2-3H2,1H3/t4-,5+,6+,7?/m1/s1. The predicted molar refractivity (Wildman–Crippen MR) is 36.0 cm³/mol. The van der Waals surface area contributed by atoms with Crippen molar-refractivity contribution >= 4 is 0 Å². The third kappa shape index (κ3) is 1.16. The normalized spacial score (nSPS) is 47.5. The SMILES string of the molecule is CCOC1O[C@H](CO)[C@@H]2O[C@H]12. The first-order chi connectivity index (χ1) is 5.36. The number of hydrogen-bond donors (Lipinski definition) is 1. The van der Waals surface area contributed by atoms with E-state index in [0.717, 1.165) is 0 Å². The van der Waals surface area contributed by atoms with Crippen LogP contribution in [0.1, 0.15) is 6.92 Å². The maximum Gasteiger partial charge on any atom is 0.186 e. The van der Waals surface area contributed by atoms with Crippen LogP contribution in [-0.2, 0) is 14.2 Å². The van der Waals surface area contributed by atoms with Crippen LogP contribution in [0.25, 0.3) is 0 Å². The third-order valence-electron chi connectivity index (χ3n) is 2.02. The Morgan fingerprint density at radius 3 is 2.73 bits per heavy atom. The zero-order valence-corrected chi connectivity index (χ0v) is 6.40. The maximum atomic E-state index is 8.79. The average Bonchev–Trinajstić information content (AvgIpc) is 2.72. The zero-order chi connectivity index (χ0) is 7.84. The molecular formula is C7H12O4. The lowest BCUT2D eigenvalue weighted by Gasteiger charge is -2.14. The fourth-order valence-electron chi connectivity index (χ4n) is 1.43. The fraction of sp³-hybridized carbons (Fsp3) is 1.00. The highest BCUT2D eigenvalue weighted by Crippen LogP contribution is 2.39. The second-order valence-electron chi connectivity index (χ2n) is 2.75. The molecule has 0 aliphatic carbocycles. The summed E-state index contributed by atoms with van der Waals surface area (Å²) in [6.45, 7) is 2.55. The van der Waals surface area contributed by atoms with Crippen LogP contribution < -0.4 is 0 Å². The minimum Gasteiger partial charge on any atom is -0.394 e. The lowest BCUT2D eigenvalue weighted by molar-refractivity contribution is -0.177. The molecule has 64 valence electrons. The largest absolute Gasteiger partial charge is 0.394 e. The first-order valence-corrected chi connectivity index (χ1v) is 3.90. The zero-order valence-electron chi connectivity index (χ0n) is 6.40. The van der Waals surface area contributed by atoms with Gasteiger partial charge in [0.05, 0.1) is 6.61 Å². The number of ether oxygens (including phenoxy) is 3. The van der Waals surface area contributed by atoms with Crippen LogP contribution in [-0.4, -0.2) is 42.9 Å². The summed E-state index contributed by atoms with van der Waals surface area (Å²) < 4.78 is 15.8. The van der Waals surface area contributed by atoms with Crippen molar-refractivity contribution in [2.75, 3.05) is 13.2 Å². The van der Waals surface area contributed by atoms with Crippen molar-refractivity contribution in [2.24, 2.45) is 0 Å². The molecule has 4 heteroatoms. The van der Waals surface area contributed by atoms with Gasteiger partial charge in [-0.15, -0.1) is 0 Å². The molecule has 2 aliphatic rings. The van der Waals surface area contributed by atoms with E-state index >= 15 is 0 Å². The minimum absolute atomic E-state index is 0.0186. The molecule has 1 N–H and O–H groups in total. The van der Waals surface area contributed by atoms with Gasteiger partial charge in [-0.1, -0.05) is 0 Å². The molecule has 0 spiro atoms. The van der Waals surface area contributed by atoms with Crippen molar-refractivity contribution in [1.82, 2.24) is 0 Å². The van der Waals surface area contributed by atoms with Gasteiger partial charge in [0.1, 0.15) is 18.3 Å². The molecule has 2 saturated heterocycles. The number of hydrogen-bond acceptors (Lipinski definition) is 4. The highest BCUT2D eigenvalue weighted by Gasteiger charge is 2.58. The van der Waals surface area contributed by atoms with Crippen molar-refractivity contribution in [3.63, 3.8) is 0 Å². The highest BCUT2D eigenvalue weighted by atomic mass is 16.8. The molecule has 0 radical (unpaired) electrons. The van der Waals surface area contributed by atoms with E-state index in [2.05, 4.69) is 0 Å². The van der Waals surface area contributed by atoms with Crippen LogP contribution in [0.5, 0.6) is 0 Å². The molecule has 2 aliphatic heterocycles. The summed E-state index contributed by atoms with van der Waals surface area (Å²) in [6, 6.07) is 0. The van der Waals surface area contributed by atoms with E-state index < -0.39 is 0 Å². The summed E-state index contributed by atoms with van der Waals surface area (Å²) in [6.07, 6.45) is -0.262. The van der Waals surface area contributed by atoms with Gasteiger partial charge in [0, 0.05) is 6.61 Å². The van der Waals surface area contributed by atoms with Gasteiger partial charge in [0.2, 0.25) is 0 Å². The fourth-order valence-corrected chi connectivity index (χ4v) is 1.43. The van der Waals surface area contributed by atoms with E-state index in [1.165, 1.54) is 0 Å². The predicted octanol–water partition coefficient (Wildman–Crippen LogP) is -0.493. The Balaban J connectivity index is 1.87. The van der Waals surface area contributed by atoms with Crippen LogP contribution in [0.4, 0.5) is 0 Å². The highest BCUT2D eigenvalue weighted by molar-refractivity contribution is 4.99. The van der Waals surface area contributed by atoms with Gasteiger partial charge in [-0.3, -0.25) is 0 Å². The molecule has 2 heterocycles. The Morgan fingerprint density at radius 2 is 2.18 bits per heavy atom. The van der Waals surface area contributed by atoms with Gasteiger partial charge < -0.3 is 19.3 Å². The van der Waals surface area contributed by atoms with Crippen molar-refractivity contribution < 1.29 is 19.3 Å². The van der Waals surface area contributed by atoms with Crippen molar-refractivity contribution in [3.8, 4) is 0 Å². The van der Waals surface area contributed by atoms with Gasteiger partial charge in [-0.2, -0.15) is 0 Å². The summed E-state index contributed by atoms with van der Waals surface area (Å²) in [5, 5.41) is 8.79. The maximum absolute atomic E-state index is 8.79. The van der Waals surface area contributed by atoms with Crippen molar-refractivity contribution in [1.29, 1.82) is 0 Å². The van der Waals surface area contributed by atoms with Crippen LogP contribution in [0, 0.1) is 0 Å². The monoisotopic (exact) mass is 160 g/mol. The number of epoxide rings is 1. The van der Waals surface area contributed by atoms with Crippen LogP contribution in [0.15, 0.2) is 0 Å². The summed E-state index contributed by atoms with van der Waals surface area (Å²) in [5.74, 6) is 0. The molecule has 0 bridgehead atoms. The molecule has 11 heavy (non-hydrogen) atoms. The molecule has 1 unspecified atom stereocenters. The number of rotatable bonds is 3. The molecule has 0 aromatic carbocycles. The number of aliphatic hydroxyl groups excluding tert-OH is 1. The first kappa shape index (κ1) is 7.49. The van der Waals surface area contributed by atoms with Gasteiger partial charge in [-0.05, 0) is 6.92 Å². The van der Waals surface area contributed by atoms with Gasteiger partial charge in [0.15, 0.2) is 6.29 Å².